The van der Waals surface area contributed by atoms with Crippen molar-refractivity contribution in [2.24, 2.45) is 0 Å². The first-order chi connectivity index (χ1) is 16.0. The Morgan fingerprint density at radius 2 is 1.64 bits per heavy atom. The summed E-state index contributed by atoms with van der Waals surface area (Å²) in [5.41, 5.74) is 6.35. The highest BCUT2D eigenvalue weighted by molar-refractivity contribution is 7.99. The van der Waals surface area contributed by atoms with Gasteiger partial charge in [0.05, 0.1) is 12.3 Å². The Morgan fingerprint density at radius 3 is 2.39 bits per heavy atom. The van der Waals surface area contributed by atoms with Gasteiger partial charge in [0.15, 0.2) is 11.0 Å². The minimum absolute atomic E-state index is 0.0819. The van der Waals surface area contributed by atoms with E-state index in [0.717, 1.165) is 28.5 Å². The van der Waals surface area contributed by atoms with Crippen molar-refractivity contribution in [2.45, 2.75) is 32.5 Å². The lowest BCUT2D eigenvalue weighted by molar-refractivity contribution is -0.113. The van der Waals surface area contributed by atoms with Crippen molar-refractivity contribution in [3.63, 3.8) is 0 Å². The lowest BCUT2D eigenvalue weighted by atomic mass is 10.1. The number of nitrogens with zero attached hydrogens (tertiary/aromatic N) is 3. The fourth-order valence-corrected chi connectivity index (χ4v) is 4.18. The molecule has 0 bridgehead atoms. The van der Waals surface area contributed by atoms with Crippen LogP contribution in [0, 0.1) is 20.8 Å². The van der Waals surface area contributed by atoms with E-state index in [0.29, 0.717) is 11.7 Å². The zero-order chi connectivity index (χ0) is 23.2. The largest absolute Gasteiger partial charge is 0.378 e. The maximum Gasteiger partial charge on any atom is 0.234 e. The molecule has 0 aliphatic heterocycles. The number of amides is 1. The smallest absolute Gasteiger partial charge is 0.234 e. The van der Waals surface area contributed by atoms with Crippen LogP contribution in [-0.2, 0) is 11.3 Å². The zero-order valence-electron chi connectivity index (χ0n) is 19.0. The Morgan fingerprint density at radius 1 is 0.909 bits per heavy atom. The molecule has 1 amide bonds. The summed E-state index contributed by atoms with van der Waals surface area (Å²) in [6.07, 6.45) is 0. The van der Waals surface area contributed by atoms with E-state index in [1.54, 1.807) is 0 Å². The van der Waals surface area contributed by atoms with Crippen LogP contribution >= 0.6 is 11.8 Å². The van der Waals surface area contributed by atoms with Crippen molar-refractivity contribution in [2.75, 3.05) is 16.4 Å². The number of carbonyl (C=O) groups is 1. The number of anilines is 2. The summed E-state index contributed by atoms with van der Waals surface area (Å²) in [7, 11) is 0. The number of aryl methyl sites for hydroxylation is 3. The Balaban J connectivity index is 1.50. The Labute approximate surface area is 198 Å². The van der Waals surface area contributed by atoms with E-state index >= 15 is 0 Å². The Hall–Kier alpha value is -3.58. The molecule has 0 aliphatic rings. The van der Waals surface area contributed by atoms with Crippen molar-refractivity contribution in [1.29, 1.82) is 0 Å². The first kappa shape index (κ1) is 22.6. The van der Waals surface area contributed by atoms with Gasteiger partial charge in [0.2, 0.25) is 5.91 Å². The fourth-order valence-electron chi connectivity index (χ4n) is 3.41. The van der Waals surface area contributed by atoms with E-state index in [9.17, 15) is 4.79 Å². The third kappa shape index (κ3) is 5.81. The number of aromatic nitrogens is 3. The predicted octanol–water partition coefficient (Wildman–Crippen LogP) is 5.54. The fraction of sp³-hybridized carbons (Fsp3) is 0.192. The van der Waals surface area contributed by atoms with E-state index in [2.05, 4.69) is 52.9 Å². The summed E-state index contributed by atoms with van der Waals surface area (Å²) in [4.78, 5) is 12.5. The minimum Gasteiger partial charge on any atom is -0.378 e. The average molecular weight is 458 g/mol. The average Bonchev–Trinajstić information content (AvgIpc) is 3.23. The van der Waals surface area contributed by atoms with Crippen LogP contribution in [0.2, 0.25) is 0 Å². The second-order valence-electron chi connectivity index (χ2n) is 7.94. The summed E-state index contributed by atoms with van der Waals surface area (Å²) in [5, 5.41) is 15.9. The summed E-state index contributed by atoms with van der Waals surface area (Å²) >= 11 is 1.37. The minimum atomic E-state index is -0.0819. The predicted molar refractivity (Wildman–Crippen MR) is 135 cm³/mol. The molecule has 3 aromatic carbocycles. The monoisotopic (exact) mass is 457 g/mol. The van der Waals surface area contributed by atoms with Gasteiger partial charge in [-0.2, -0.15) is 0 Å². The van der Waals surface area contributed by atoms with Crippen molar-refractivity contribution >= 4 is 29.0 Å². The second kappa shape index (κ2) is 10.4. The van der Waals surface area contributed by atoms with Crippen LogP contribution in [0.3, 0.4) is 0 Å². The normalized spacial score (nSPS) is 10.8. The van der Waals surface area contributed by atoms with Crippen molar-refractivity contribution in [3.8, 4) is 5.69 Å². The van der Waals surface area contributed by atoms with Crippen LogP contribution in [-0.4, -0.2) is 26.4 Å². The molecule has 1 heterocycles. The summed E-state index contributed by atoms with van der Waals surface area (Å²) in [6.45, 7) is 6.69. The number of thioether (sulfide) groups is 1. The number of benzene rings is 3. The van der Waals surface area contributed by atoms with Crippen molar-refractivity contribution < 1.29 is 4.79 Å². The SMILES string of the molecule is Cc1ccc(NC(=O)CSc2nnc(CNc3cc(C)ccc3C)n2-c2ccccc2)cc1. The molecule has 0 unspecified atom stereocenters. The molecular formula is C26H27N5OS. The highest BCUT2D eigenvalue weighted by Crippen LogP contribution is 2.24. The molecule has 0 aliphatic carbocycles. The molecule has 168 valence electrons. The number of nitrogens with one attached hydrogen (secondary N) is 2. The van der Waals surface area contributed by atoms with E-state index < -0.39 is 0 Å². The number of hydrogen-bond acceptors (Lipinski definition) is 5. The van der Waals surface area contributed by atoms with Crippen LogP contribution in [0.5, 0.6) is 0 Å². The Kier molecular flexibility index (Phi) is 7.10. The third-order valence-corrected chi connectivity index (χ3v) is 6.14. The first-order valence-corrected chi connectivity index (χ1v) is 11.8. The van der Waals surface area contributed by atoms with E-state index in [4.69, 9.17) is 0 Å². The quantitative estimate of drug-likeness (QED) is 0.340. The van der Waals surface area contributed by atoms with Crippen molar-refractivity contribution in [3.05, 3.63) is 95.3 Å². The first-order valence-electron chi connectivity index (χ1n) is 10.8. The number of para-hydroxylation sites is 1. The van der Waals surface area contributed by atoms with Gasteiger partial charge >= 0.3 is 0 Å². The topological polar surface area (TPSA) is 71.8 Å². The molecule has 6 nitrogen and oxygen atoms in total. The molecule has 0 fully saturated rings. The summed E-state index contributed by atoms with van der Waals surface area (Å²) in [6, 6.07) is 24.1. The van der Waals surface area contributed by atoms with Gasteiger partial charge in [-0.15, -0.1) is 10.2 Å². The molecule has 7 heteroatoms. The van der Waals surface area contributed by atoms with Gasteiger partial charge in [0.25, 0.3) is 0 Å². The third-order valence-electron chi connectivity index (χ3n) is 5.21. The lowest BCUT2D eigenvalue weighted by Crippen LogP contribution is -2.15. The van der Waals surface area contributed by atoms with Crippen LogP contribution in [0.15, 0.2) is 78.0 Å². The number of hydrogen-bond donors (Lipinski definition) is 2. The molecular weight excluding hydrogens is 430 g/mol. The van der Waals surface area contributed by atoms with Gasteiger partial charge < -0.3 is 10.6 Å². The van der Waals surface area contributed by atoms with Crippen molar-refractivity contribution in [1.82, 2.24) is 14.8 Å². The number of carbonyl (C=O) groups excluding carboxylic acids is 1. The lowest BCUT2D eigenvalue weighted by Gasteiger charge is -2.13. The standard InChI is InChI=1S/C26H27N5OS/c1-18-10-13-21(14-11-18)28-25(32)17-33-26-30-29-24(31(26)22-7-5-4-6-8-22)16-27-23-15-19(2)9-12-20(23)3/h4-15,27H,16-17H2,1-3H3,(H,28,32). The van der Waals surface area contributed by atoms with Gasteiger partial charge in [0.1, 0.15) is 0 Å². The molecule has 1 aromatic heterocycles. The molecule has 0 spiro atoms. The van der Waals surface area contributed by atoms with Crippen LogP contribution in [0.1, 0.15) is 22.5 Å². The Bertz CT molecular complexity index is 1240. The number of rotatable bonds is 8. The molecule has 0 atom stereocenters. The van der Waals surface area contributed by atoms with E-state index in [1.165, 1.54) is 22.9 Å². The molecule has 4 rings (SSSR count). The van der Waals surface area contributed by atoms with E-state index in [-0.39, 0.29) is 11.7 Å². The van der Waals surface area contributed by atoms with E-state index in [1.807, 2.05) is 66.1 Å². The molecule has 0 saturated carbocycles. The van der Waals surface area contributed by atoms with Crippen LogP contribution in [0.25, 0.3) is 5.69 Å². The maximum atomic E-state index is 12.5. The highest BCUT2D eigenvalue weighted by atomic mass is 32.2. The molecule has 2 N–H and O–H groups in total. The van der Waals surface area contributed by atoms with Gasteiger partial charge in [-0.25, -0.2) is 0 Å². The highest BCUT2D eigenvalue weighted by Gasteiger charge is 2.16. The molecule has 0 radical (unpaired) electrons. The summed E-state index contributed by atoms with van der Waals surface area (Å²) < 4.78 is 2.00. The van der Waals surface area contributed by atoms with Gasteiger partial charge in [-0.05, 0) is 62.2 Å². The molecule has 4 aromatic rings. The van der Waals surface area contributed by atoms with Gasteiger partial charge in [0, 0.05) is 17.1 Å². The van der Waals surface area contributed by atoms with Gasteiger partial charge in [-0.1, -0.05) is 59.8 Å². The summed E-state index contributed by atoms with van der Waals surface area (Å²) in [5.74, 6) is 0.938. The van der Waals surface area contributed by atoms with Gasteiger partial charge in [-0.3, -0.25) is 9.36 Å². The molecule has 33 heavy (non-hydrogen) atoms. The zero-order valence-corrected chi connectivity index (χ0v) is 19.8. The van der Waals surface area contributed by atoms with Crippen LogP contribution in [0.4, 0.5) is 11.4 Å². The van der Waals surface area contributed by atoms with Crippen LogP contribution < -0.4 is 10.6 Å². The molecule has 0 saturated heterocycles. The second-order valence-corrected chi connectivity index (χ2v) is 8.89. The maximum absolute atomic E-state index is 12.5.